The minimum atomic E-state index is -0.222. The average Bonchev–Trinajstić information content (AvgIpc) is 2.90. The fourth-order valence-electron chi connectivity index (χ4n) is 3.00. The number of rotatable bonds is 6. The summed E-state index contributed by atoms with van der Waals surface area (Å²) in [7, 11) is 0. The maximum Gasteiger partial charge on any atom is 0.255 e. The van der Waals surface area contributed by atoms with E-state index in [1.165, 1.54) is 0 Å². The molecule has 6 nitrogen and oxygen atoms in total. The van der Waals surface area contributed by atoms with Crippen molar-refractivity contribution in [1.29, 1.82) is 0 Å². The van der Waals surface area contributed by atoms with E-state index in [1.807, 2.05) is 12.1 Å². The zero-order valence-electron chi connectivity index (χ0n) is 18.2. The molecule has 168 valence electrons. The van der Waals surface area contributed by atoms with Crippen molar-refractivity contribution in [3.63, 3.8) is 0 Å². The van der Waals surface area contributed by atoms with Crippen LogP contribution in [-0.2, 0) is 0 Å². The van der Waals surface area contributed by atoms with Gasteiger partial charge >= 0.3 is 0 Å². The summed E-state index contributed by atoms with van der Waals surface area (Å²) >= 11 is 0. The van der Waals surface area contributed by atoms with E-state index in [0.29, 0.717) is 33.6 Å². The second kappa shape index (κ2) is 12.3. The van der Waals surface area contributed by atoms with Crippen LogP contribution in [0.1, 0.15) is 41.4 Å². The first-order chi connectivity index (χ1) is 16.6. The van der Waals surface area contributed by atoms with Crippen LogP contribution in [0, 0.1) is 0 Å². The number of carbonyl (C=O) groups is 4. The monoisotopic (exact) mass is 450 g/mol. The Morgan fingerprint density at radius 2 is 0.794 bits per heavy atom. The largest absolute Gasteiger partial charge is 0.321 e. The molecule has 0 bridgehead atoms. The highest BCUT2D eigenvalue weighted by Crippen LogP contribution is 2.15. The van der Waals surface area contributed by atoms with E-state index in [9.17, 15) is 19.2 Å². The first-order valence-electron chi connectivity index (χ1n) is 10.4. The predicted octanol–water partition coefficient (Wildman–Crippen LogP) is 5.50. The third kappa shape index (κ3) is 6.58. The number of hydrogen-bond acceptors (Lipinski definition) is 4. The molecule has 0 saturated carbocycles. The molecule has 4 rings (SSSR count). The molecule has 2 amide bonds. The van der Waals surface area contributed by atoms with Crippen LogP contribution < -0.4 is 10.6 Å². The number of benzene rings is 4. The molecule has 0 atom stereocenters. The van der Waals surface area contributed by atoms with Crippen LogP contribution in [0.25, 0.3) is 0 Å². The van der Waals surface area contributed by atoms with Crippen molar-refractivity contribution in [2.75, 3.05) is 10.6 Å². The lowest BCUT2D eigenvalue weighted by Crippen LogP contribution is -2.12. The van der Waals surface area contributed by atoms with Gasteiger partial charge in [-0.2, -0.15) is 0 Å². The molecule has 0 fully saturated rings. The minimum absolute atomic E-state index is 0.222. The van der Waals surface area contributed by atoms with Crippen LogP contribution >= 0.6 is 0 Å². The molecule has 0 saturated heterocycles. The van der Waals surface area contributed by atoms with Gasteiger partial charge in [-0.25, -0.2) is 0 Å². The van der Waals surface area contributed by atoms with E-state index in [-0.39, 0.29) is 11.8 Å². The van der Waals surface area contributed by atoms with E-state index in [1.54, 1.807) is 97.1 Å². The van der Waals surface area contributed by atoms with E-state index in [2.05, 4.69) is 10.6 Å². The van der Waals surface area contributed by atoms with Crippen LogP contribution in [0.3, 0.4) is 0 Å². The maximum absolute atomic E-state index is 11.9. The fourth-order valence-corrected chi connectivity index (χ4v) is 3.00. The van der Waals surface area contributed by atoms with Crippen molar-refractivity contribution in [1.82, 2.24) is 0 Å². The number of nitrogens with one attached hydrogen (secondary N) is 2. The van der Waals surface area contributed by atoms with Gasteiger partial charge in [0.2, 0.25) is 0 Å². The number of aldehydes is 2. The van der Waals surface area contributed by atoms with Crippen molar-refractivity contribution in [2.24, 2.45) is 0 Å². The molecule has 4 aromatic carbocycles. The van der Waals surface area contributed by atoms with Crippen LogP contribution in [0.4, 0.5) is 11.4 Å². The molecule has 0 aliphatic rings. The first-order valence-corrected chi connectivity index (χ1v) is 10.4. The predicted molar refractivity (Wildman–Crippen MR) is 132 cm³/mol. The summed E-state index contributed by atoms with van der Waals surface area (Å²) in [5, 5.41) is 5.42. The Morgan fingerprint density at radius 1 is 0.471 bits per heavy atom. The van der Waals surface area contributed by atoms with Gasteiger partial charge < -0.3 is 10.6 Å². The smallest absolute Gasteiger partial charge is 0.255 e. The Hall–Kier alpha value is -4.84. The molecule has 0 aromatic heterocycles. The number of carbonyl (C=O) groups excluding carboxylic acids is 4. The lowest BCUT2D eigenvalue weighted by Gasteiger charge is -2.06. The quantitative estimate of drug-likeness (QED) is 0.379. The van der Waals surface area contributed by atoms with E-state index >= 15 is 0 Å². The summed E-state index contributed by atoms with van der Waals surface area (Å²) in [6, 6.07) is 31.5. The molecule has 0 radical (unpaired) electrons. The molecular weight excluding hydrogens is 428 g/mol. The summed E-state index contributed by atoms with van der Waals surface area (Å²) in [6.07, 6.45) is 1.45. The van der Waals surface area contributed by atoms with Crippen LogP contribution in [0.5, 0.6) is 0 Å². The highest BCUT2D eigenvalue weighted by molar-refractivity contribution is 6.07. The van der Waals surface area contributed by atoms with Gasteiger partial charge in [-0.05, 0) is 48.5 Å². The topological polar surface area (TPSA) is 92.3 Å². The fraction of sp³-hybridized carbons (Fsp3) is 0. The van der Waals surface area contributed by atoms with E-state index < -0.39 is 0 Å². The van der Waals surface area contributed by atoms with E-state index in [4.69, 9.17) is 0 Å². The summed E-state index contributed by atoms with van der Waals surface area (Å²) in [5.74, 6) is -0.445. The Balaban J connectivity index is 0.000000191. The summed E-state index contributed by atoms with van der Waals surface area (Å²) < 4.78 is 0. The number of hydrogen-bond donors (Lipinski definition) is 2. The van der Waals surface area contributed by atoms with E-state index in [0.717, 1.165) is 12.6 Å². The number of para-hydroxylation sites is 2. The maximum atomic E-state index is 11.9. The lowest BCUT2D eigenvalue weighted by molar-refractivity contribution is 0.101. The zero-order chi connectivity index (χ0) is 24.2. The molecule has 4 aromatic rings. The number of amides is 2. The Morgan fingerprint density at radius 3 is 1.15 bits per heavy atom. The third-order valence-electron chi connectivity index (χ3n) is 4.74. The zero-order valence-corrected chi connectivity index (χ0v) is 18.2. The standard InChI is InChI=1S/2C14H11NO2/c2*16-10-12-8-4-5-9-13(12)15-14(17)11-6-2-1-3-7-11/h2*1-10H,(H,15,17). The van der Waals surface area contributed by atoms with Crippen molar-refractivity contribution in [2.45, 2.75) is 0 Å². The van der Waals surface area contributed by atoms with Crippen molar-refractivity contribution < 1.29 is 19.2 Å². The minimum Gasteiger partial charge on any atom is -0.321 e. The Bertz CT molecular complexity index is 1170. The summed E-state index contributed by atoms with van der Waals surface area (Å²) in [4.78, 5) is 45.3. The molecule has 6 heteroatoms. The van der Waals surface area contributed by atoms with Gasteiger partial charge in [0.25, 0.3) is 11.8 Å². The van der Waals surface area contributed by atoms with Crippen LogP contribution in [0.15, 0.2) is 109 Å². The van der Waals surface area contributed by atoms with Gasteiger partial charge in [0.15, 0.2) is 12.6 Å². The van der Waals surface area contributed by atoms with Crippen LogP contribution in [-0.4, -0.2) is 24.4 Å². The van der Waals surface area contributed by atoms with Gasteiger partial charge in [-0.3, -0.25) is 19.2 Å². The molecule has 0 spiro atoms. The molecule has 0 aliphatic heterocycles. The van der Waals surface area contributed by atoms with Gasteiger partial charge in [0, 0.05) is 22.3 Å². The molecular formula is C28H22N2O4. The average molecular weight is 450 g/mol. The Labute approximate surface area is 197 Å². The molecule has 0 aliphatic carbocycles. The molecule has 34 heavy (non-hydrogen) atoms. The lowest BCUT2D eigenvalue weighted by atomic mass is 10.1. The second-order valence-electron chi connectivity index (χ2n) is 7.05. The van der Waals surface area contributed by atoms with Crippen LogP contribution in [0.2, 0.25) is 0 Å². The molecule has 2 N–H and O–H groups in total. The van der Waals surface area contributed by atoms with Crippen molar-refractivity contribution in [3.05, 3.63) is 131 Å². The summed E-state index contributed by atoms with van der Waals surface area (Å²) in [5.41, 5.74) is 3.11. The van der Waals surface area contributed by atoms with Gasteiger partial charge in [0.05, 0.1) is 11.4 Å². The second-order valence-corrected chi connectivity index (χ2v) is 7.05. The first kappa shape index (κ1) is 23.8. The highest BCUT2D eigenvalue weighted by atomic mass is 16.2. The summed E-state index contributed by atoms with van der Waals surface area (Å²) in [6.45, 7) is 0. The third-order valence-corrected chi connectivity index (χ3v) is 4.74. The van der Waals surface area contributed by atoms with Gasteiger partial charge in [-0.15, -0.1) is 0 Å². The SMILES string of the molecule is O=Cc1ccccc1NC(=O)c1ccccc1.O=Cc1ccccc1NC(=O)c1ccccc1. The normalized spacial score (nSPS) is 9.65. The van der Waals surface area contributed by atoms with Crippen molar-refractivity contribution >= 4 is 35.8 Å². The Kier molecular flexibility index (Phi) is 8.59. The van der Waals surface area contributed by atoms with Gasteiger partial charge in [-0.1, -0.05) is 60.7 Å². The highest BCUT2D eigenvalue weighted by Gasteiger charge is 2.08. The molecule has 0 unspecified atom stereocenters. The molecule has 0 heterocycles. The van der Waals surface area contributed by atoms with Gasteiger partial charge in [0.1, 0.15) is 0 Å². The van der Waals surface area contributed by atoms with Crippen molar-refractivity contribution in [3.8, 4) is 0 Å². The number of anilines is 2.